The molecule has 1 unspecified atom stereocenters. The largest absolute Gasteiger partial charge is 0.486 e. The molecule has 0 aliphatic rings. The van der Waals surface area contributed by atoms with Crippen molar-refractivity contribution in [2.75, 3.05) is 0 Å². The van der Waals surface area contributed by atoms with E-state index in [1.54, 1.807) is 12.1 Å². The van der Waals surface area contributed by atoms with Crippen LogP contribution in [-0.4, -0.2) is 17.9 Å². The van der Waals surface area contributed by atoms with Crippen molar-refractivity contribution in [1.82, 2.24) is 5.32 Å². The van der Waals surface area contributed by atoms with E-state index < -0.39 is 17.9 Å². The third-order valence-corrected chi connectivity index (χ3v) is 3.94. The fourth-order valence-corrected chi connectivity index (χ4v) is 2.55. The minimum absolute atomic E-state index is 0.0981. The number of furan rings is 1. The molecule has 6 heteroatoms. The topological polar surface area (TPSA) is 94.6 Å². The van der Waals surface area contributed by atoms with E-state index in [4.69, 9.17) is 14.9 Å². The van der Waals surface area contributed by atoms with Crippen LogP contribution in [-0.2, 0) is 17.8 Å². The van der Waals surface area contributed by atoms with Gasteiger partial charge in [0, 0.05) is 6.42 Å². The first-order valence-corrected chi connectivity index (χ1v) is 8.52. The number of nitrogens with two attached hydrogens (primary N) is 1. The minimum Gasteiger partial charge on any atom is -0.486 e. The first kappa shape index (κ1) is 18.3. The average molecular weight is 364 g/mol. The molecule has 3 N–H and O–H groups in total. The fourth-order valence-electron chi connectivity index (χ4n) is 2.55. The van der Waals surface area contributed by atoms with Crippen molar-refractivity contribution in [3.05, 3.63) is 89.9 Å². The van der Waals surface area contributed by atoms with Crippen LogP contribution in [0.5, 0.6) is 5.75 Å². The van der Waals surface area contributed by atoms with Gasteiger partial charge in [-0.3, -0.25) is 9.59 Å². The monoisotopic (exact) mass is 364 g/mol. The van der Waals surface area contributed by atoms with Gasteiger partial charge >= 0.3 is 0 Å². The van der Waals surface area contributed by atoms with Gasteiger partial charge in [0.1, 0.15) is 24.2 Å². The zero-order chi connectivity index (χ0) is 19.1. The molecule has 6 nitrogen and oxygen atoms in total. The second kappa shape index (κ2) is 8.71. The Labute approximate surface area is 156 Å². The van der Waals surface area contributed by atoms with E-state index in [1.165, 1.54) is 0 Å². The van der Waals surface area contributed by atoms with Gasteiger partial charge in [0.05, 0.1) is 0 Å². The second-order valence-corrected chi connectivity index (χ2v) is 5.99. The molecule has 0 aliphatic heterocycles. The van der Waals surface area contributed by atoms with Crippen LogP contribution in [0.2, 0.25) is 0 Å². The Morgan fingerprint density at radius 1 is 0.963 bits per heavy atom. The predicted molar refractivity (Wildman–Crippen MR) is 100 cm³/mol. The van der Waals surface area contributed by atoms with Crippen molar-refractivity contribution in [3.63, 3.8) is 0 Å². The molecule has 2 amide bonds. The van der Waals surface area contributed by atoms with Gasteiger partial charge < -0.3 is 20.2 Å². The molecule has 1 atom stereocenters. The Morgan fingerprint density at radius 2 is 1.63 bits per heavy atom. The van der Waals surface area contributed by atoms with Gasteiger partial charge in [0.25, 0.3) is 5.91 Å². The van der Waals surface area contributed by atoms with Crippen LogP contribution in [0.15, 0.2) is 77.2 Å². The quantitative estimate of drug-likeness (QED) is 0.642. The molecule has 0 saturated carbocycles. The lowest BCUT2D eigenvalue weighted by Gasteiger charge is -2.14. The van der Waals surface area contributed by atoms with Crippen LogP contribution in [0, 0.1) is 0 Å². The zero-order valence-corrected chi connectivity index (χ0v) is 14.6. The zero-order valence-electron chi connectivity index (χ0n) is 14.6. The molecule has 0 radical (unpaired) electrons. The van der Waals surface area contributed by atoms with Gasteiger partial charge in [0.2, 0.25) is 5.91 Å². The summed E-state index contributed by atoms with van der Waals surface area (Å²) in [5, 5.41) is 2.62. The maximum Gasteiger partial charge on any atom is 0.287 e. The molecule has 0 saturated heterocycles. The van der Waals surface area contributed by atoms with Crippen LogP contribution in [0.1, 0.15) is 21.9 Å². The molecular weight excluding hydrogens is 344 g/mol. The summed E-state index contributed by atoms with van der Waals surface area (Å²) in [6, 6.07) is 21.0. The number of hydrogen-bond donors (Lipinski definition) is 2. The first-order valence-electron chi connectivity index (χ1n) is 8.52. The Balaban J connectivity index is 1.59. The average Bonchev–Trinajstić information content (AvgIpc) is 3.16. The van der Waals surface area contributed by atoms with Crippen LogP contribution >= 0.6 is 0 Å². The standard InChI is InChI=1S/C21H20N2O4/c22-20(24)18(13-15-7-3-1-4-8-15)23-21(25)19-12-11-17(27-19)14-26-16-9-5-2-6-10-16/h1-12,18H,13-14H2,(H2,22,24)(H,23,25). The Hall–Kier alpha value is -3.54. The summed E-state index contributed by atoms with van der Waals surface area (Å²) >= 11 is 0. The van der Waals surface area contributed by atoms with E-state index in [2.05, 4.69) is 5.32 Å². The molecule has 0 fully saturated rings. The van der Waals surface area contributed by atoms with Crippen LogP contribution in [0.4, 0.5) is 0 Å². The number of amides is 2. The number of hydrogen-bond acceptors (Lipinski definition) is 4. The summed E-state index contributed by atoms with van der Waals surface area (Å²) in [7, 11) is 0. The van der Waals surface area contributed by atoms with Crippen LogP contribution < -0.4 is 15.8 Å². The lowest BCUT2D eigenvalue weighted by atomic mass is 10.1. The van der Waals surface area contributed by atoms with Gasteiger partial charge in [-0.05, 0) is 29.8 Å². The number of rotatable bonds is 8. The summed E-state index contributed by atoms with van der Waals surface area (Å²) < 4.78 is 11.1. The van der Waals surface area contributed by atoms with Gasteiger partial charge in [-0.1, -0.05) is 48.5 Å². The highest BCUT2D eigenvalue weighted by Gasteiger charge is 2.21. The summed E-state index contributed by atoms with van der Waals surface area (Å²) in [6.07, 6.45) is 0.312. The third-order valence-electron chi connectivity index (χ3n) is 3.94. The summed E-state index contributed by atoms with van der Waals surface area (Å²) in [6.45, 7) is 0.195. The second-order valence-electron chi connectivity index (χ2n) is 5.99. The van der Waals surface area contributed by atoms with E-state index in [9.17, 15) is 9.59 Å². The van der Waals surface area contributed by atoms with E-state index in [0.29, 0.717) is 17.9 Å². The molecule has 1 aromatic heterocycles. The molecule has 138 valence electrons. The van der Waals surface area contributed by atoms with Gasteiger partial charge in [-0.25, -0.2) is 0 Å². The van der Waals surface area contributed by atoms with E-state index in [-0.39, 0.29) is 12.4 Å². The van der Waals surface area contributed by atoms with Gasteiger partial charge in [-0.2, -0.15) is 0 Å². The number of carbonyl (C=O) groups excluding carboxylic acids is 2. The van der Waals surface area contributed by atoms with Crippen molar-refractivity contribution in [3.8, 4) is 5.75 Å². The molecule has 3 rings (SSSR count). The molecule has 27 heavy (non-hydrogen) atoms. The van der Waals surface area contributed by atoms with Crippen molar-refractivity contribution >= 4 is 11.8 Å². The lowest BCUT2D eigenvalue weighted by molar-refractivity contribution is -0.119. The highest BCUT2D eigenvalue weighted by molar-refractivity contribution is 5.95. The number of carbonyl (C=O) groups is 2. The molecule has 2 aromatic carbocycles. The van der Waals surface area contributed by atoms with Gasteiger partial charge in [0.15, 0.2) is 5.76 Å². The number of para-hydroxylation sites is 1. The maximum atomic E-state index is 12.4. The Kier molecular flexibility index (Phi) is 5.89. The normalized spacial score (nSPS) is 11.6. The van der Waals surface area contributed by atoms with Crippen molar-refractivity contribution < 1.29 is 18.7 Å². The Morgan fingerprint density at radius 3 is 2.30 bits per heavy atom. The highest BCUT2D eigenvalue weighted by Crippen LogP contribution is 2.14. The van der Waals surface area contributed by atoms with E-state index in [1.807, 2.05) is 60.7 Å². The van der Waals surface area contributed by atoms with Crippen LogP contribution in [0.25, 0.3) is 0 Å². The first-order chi connectivity index (χ1) is 13.1. The molecule has 0 aliphatic carbocycles. The summed E-state index contributed by atoms with van der Waals surface area (Å²) in [4.78, 5) is 24.1. The van der Waals surface area contributed by atoms with E-state index in [0.717, 1.165) is 5.56 Å². The summed E-state index contributed by atoms with van der Waals surface area (Å²) in [5.41, 5.74) is 6.32. The summed E-state index contributed by atoms with van der Waals surface area (Å²) in [5.74, 6) is 0.201. The molecular formula is C21H20N2O4. The van der Waals surface area contributed by atoms with Crippen LogP contribution in [0.3, 0.4) is 0 Å². The fraction of sp³-hybridized carbons (Fsp3) is 0.143. The predicted octanol–water partition coefficient (Wildman–Crippen LogP) is 2.69. The molecule has 3 aromatic rings. The minimum atomic E-state index is -0.825. The number of ether oxygens (including phenoxy) is 1. The number of benzene rings is 2. The van der Waals surface area contributed by atoms with E-state index >= 15 is 0 Å². The lowest BCUT2D eigenvalue weighted by Crippen LogP contribution is -2.45. The van der Waals surface area contributed by atoms with Gasteiger partial charge in [-0.15, -0.1) is 0 Å². The molecule has 1 heterocycles. The van der Waals surface area contributed by atoms with Crippen molar-refractivity contribution in [1.29, 1.82) is 0 Å². The number of nitrogens with one attached hydrogen (secondary N) is 1. The SMILES string of the molecule is NC(=O)C(Cc1ccccc1)NC(=O)c1ccc(COc2ccccc2)o1. The van der Waals surface area contributed by atoms with Crippen molar-refractivity contribution in [2.24, 2.45) is 5.73 Å². The molecule has 0 bridgehead atoms. The highest BCUT2D eigenvalue weighted by atomic mass is 16.5. The number of primary amides is 1. The smallest absolute Gasteiger partial charge is 0.287 e. The molecule has 0 spiro atoms. The third kappa shape index (κ3) is 5.22. The maximum absolute atomic E-state index is 12.4. The van der Waals surface area contributed by atoms with Crippen molar-refractivity contribution in [2.45, 2.75) is 19.1 Å². The Bertz CT molecular complexity index is 891.